The molecule has 1 unspecified atom stereocenters. The first-order valence-electron chi connectivity index (χ1n) is 7.58. The summed E-state index contributed by atoms with van der Waals surface area (Å²) in [6.45, 7) is 5.91. The molecule has 0 fully saturated rings. The second kappa shape index (κ2) is 6.87. The first-order chi connectivity index (χ1) is 10.8. The molecule has 4 nitrogen and oxygen atoms in total. The molecule has 0 saturated heterocycles. The van der Waals surface area contributed by atoms with Crippen LogP contribution in [0.25, 0.3) is 0 Å². The minimum absolute atomic E-state index is 0.0456. The van der Waals surface area contributed by atoms with E-state index in [0.29, 0.717) is 23.4 Å². The third kappa shape index (κ3) is 3.93. The van der Waals surface area contributed by atoms with Gasteiger partial charge in [0.15, 0.2) is 5.78 Å². The van der Waals surface area contributed by atoms with Crippen LogP contribution in [0.3, 0.4) is 0 Å². The standard InChI is InChI=1S/C18H21FN2O2/c1-11-17(13(3)22)12(2)20-18(11)16(23)10-21(4)9-14-6-5-7-15(19)8-14/h5-8,20H,9-10H2,1-4H3/p+1. The van der Waals surface area contributed by atoms with Gasteiger partial charge in [0.2, 0.25) is 5.78 Å². The average Bonchev–Trinajstić information content (AvgIpc) is 2.73. The van der Waals surface area contributed by atoms with Gasteiger partial charge in [-0.15, -0.1) is 0 Å². The first kappa shape index (κ1) is 17.1. The van der Waals surface area contributed by atoms with Crippen molar-refractivity contribution in [3.63, 3.8) is 0 Å². The van der Waals surface area contributed by atoms with E-state index in [1.54, 1.807) is 19.9 Å². The number of rotatable bonds is 6. The van der Waals surface area contributed by atoms with E-state index >= 15 is 0 Å². The number of aromatic amines is 1. The molecule has 0 amide bonds. The minimum Gasteiger partial charge on any atom is -0.355 e. The lowest BCUT2D eigenvalue weighted by molar-refractivity contribution is -0.884. The Morgan fingerprint density at radius 3 is 2.52 bits per heavy atom. The summed E-state index contributed by atoms with van der Waals surface area (Å²) in [5.41, 5.74) is 3.36. The lowest BCUT2D eigenvalue weighted by atomic mass is 10.1. The third-order valence-electron chi connectivity index (χ3n) is 3.93. The monoisotopic (exact) mass is 317 g/mol. The summed E-state index contributed by atoms with van der Waals surface area (Å²) >= 11 is 0. The lowest BCUT2D eigenvalue weighted by Crippen LogP contribution is -3.08. The Hall–Kier alpha value is -2.27. The van der Waals surface area contributed by atoms with Gasteiger partial charge in [-0.3, -0.25) is 9.59 Å². The Morgan fingerprint density at radius 2 is 1.96 bits per heavy atom. The van der Waals surface area contributed by atoms with Gasteiger partial charge in [0.05, 0.1) is 12.7 Å². The van der Waals surface area contributed by atoms with Gasteiger partial charge < -0.3 is 9.88 Å². The van der Waals surface area contributed by atoms with Crippen molar-refractivity contribution in [3.05, 3.63) is 58.2 Å². The fourth-order valence-corrected chi connectivity index (χ4v) is 2.98. The summed E-state index contributed by atoms with van der Waals surface area (Å²) in [4.78, 5) is 28.1. The second-order valence-electron chi connectivity index (χ2n) is 6.04. The Labute approximate surface area is 135 Å². The summed E-state index contributed by atoms with van der Waals surface area (Å²) in [5, 5.41) is 0. The molecule has 2 aromatic rings. The molecule has 2 N–H and O–H groups in total. The van der Waals surface area contributed by atoms with E-state index in [1.807, 2.05) is 13.1 Å². The molecule has 0 aliphatic carbocycles. The van der Waals surface area contributed by atoms with E-state index in [9.17, 15) is 14.0 Å². The van der Waals surface area contributed by atoms with Crippen LogP contribution in [-0.4, -0.2) is 30.1 Å². The van der Waals surface area contributed by atoms with E-state index in [-0.39, 0.29) is 23.9 Å². The molecule has 0 spiro atoms. The number of hydrogen-bond donors (Lipinski definition) is 2. The van der Waals surface area contributed by atoms with Crippen LogP contribution in [0.5, 0.6) is 0 Å². The van der Waals surface area contributed by atoms with E-state index in [4.69, 9.17) is 0 Å². The van der Waals surface area contributed by atoms with Gasteiger partial charge in [0.1, 0.15) is 18.9 Å². The number of quaternary nitrogens is 1. The molecule has 1 atom stereocenters. The van der Waals surface area contributed by atoms with Crippen LogP contribution in [0.1, 0.15) is 44.6 Å². The Bertz CT molecular complexity index is 749. The van der Waals surface area contributed by atoms with Crippen molar-refractivity contribution in [2.24, 2.45) is 0 Å². The molecule has 5 heteroatoms. The lowest BCUT2D eigenvalue weighted by Gasteiger charge is -2.13. The molecule has 1 aromatic heterocycles. The van der Waals surface area contributed by atoms with Crippen molar-refractivity contribution in [3.8, 4) is 0 Å². The van der Waals surface area contributed by atoms with Crippen LogP contribution in [0, 0.1) is 19.7 Å². The van der Waals surface area contributed by atoms with Crippen LogP contribution in [0.2, 0.25) is 0 Å². The first-order valence-corrected chi connectivity index (χ1v) is 7.58. The summed E-state index contributed by atoms with van der Waals surface area (Å²) in [5.74, 6) is -0.369. The van der Waals surface area contributed by atoms with Crippen LogP contribution in [-0.2, 0) is 6.54 Å². The Kier molecular flexibility index (Phi) is 5.11. The van der Waals surface area contributed by atoms with Gasteiger partial charge in [0, 0.05) is 16.8 Å². The number of Topliss-reactive ketones (excluding diaryl/α,β-unsaturated/α-hetero) is 2. The molecule has 0 aliphatic heterocycles. The van der Waals surface area contributed by atoms with Gasteiger partial charge in [-0.2, -0.15) is 0 Å². The van der Waals surface area contributed by atoms with Crippen molar-refractivity contribution >= 4 is 11.6 Å². The van der Waals surface area contributed by atoms with Gasteiger partial charge in [-0.05, 0) is 38.5 Å². The fraction of sp³-hybridized carbons (Fsp3) is 0.333. The minimum atomic E-state index is -0.274. The quantitative estimate of drug-likeness (QED) is 0.799. The number of carbonyl (C=O) groups is 2. The molecule has 1 aromatic carbocycles. The zero-order valence-electron chi connectivity index (χ0n) is 13.9. The maximum absolute atomic E-state index is 13.2. The smallest absolute Gasteiger partial charge is 0.233 e. The second-order valence-corrected chi connectivity index (χ2v) is 6.04. The van der Waals surface area contributed by atoms with Crippen LogP contribution >= 0.6 is 0 Å². The number of hydrogen-bond acceptors (Lipinski definition) is 2. The topological polar surface area (TPSA) is 54.4 Å². The Balaban J connectivity index is 2.10. The van der Waals surface area contributed by atoms with Crippen molar-refractivity contribution in [2.45, 2.75) is 27.3 Å². The fourth-order valence-electron chi connectivity index (χ4n) is 2.98. The number of aromatic nitrogens is 1. The maximum atomic E-state index is 13.2. The van der Waals surface area contributed by atoms with Crippen molar-refractivity contribution in [1.82, 2.24) is 4.98 Å². The number of likely N-dealkylation sites (N-methyl/N-ethyl adjacent to an activating group) is 1. The van der Waals surface area contributed by atoms with Gasteiger partial charge in [-0.25, -0.2) is 4.39 Å². The predicted molar refractivity (Wildman–Crippen MR) is 86.5 cm³/mol. The number of nitrogens with one attached hydrogen (secondary N) is 2. The molecule has 0 aliphatic rings. The van der Waals surface area contributed by atoms with Crippen molar-refractivity contribution in [1.29, 1.82) is 0 Å². The molecule has 2 rings (SSSR count). The normalized spacial score (nSPS) is 12.2. The Morgan fingerprint density at radius 1 is 1.26 bits per heavy atom. The zero-order chi connectivity index (χ0) is 17.1. The van der Waals surface area contributed by atoms with E-state index in [2.05, 4.69) is 4.98 Å². The number of aryl methyl sites for hydroxylation is 1. The van der Waals surface area contributed by atoms with Crippen molar-refractivity contribution in [2.75, 3.05) is 13.6 Å². The summed E-state index contributed by atoms with van der Waals surface area (Å²) in [6, 6.07) is 6.39. The summed E-state index contributed by atoms with van der Waals surface area (Å²) in [6.07, 6.45) is 0. The number of carbonyl (C=O) groups excluding carboxylic acids is 2. The zero-order valence-corrected chi connectivity index (χ0v) is 13.9. The highest BCUT2D eigenvalue weighted by atomic mass is 19.1. The number of benzene rings is 1. The maximum Gasteiger partial charge on any atom is 0.233 e. The molecule has 1 heterocycles. The van der Waals surface area contributed by atoms with Crippen LogP contribution in [0.4, 0.5) is 4.39 Å². The van der Waals surface area contributed by atoms with Crippen LogP contribution < -0.4 is 4.90 Å². The SMILES string of the molecule is CC(=O)c1c(C)[nH]c(C(=O)C[NH+](C)Cc2cccc(F)c2)c1C. The number of halogens is 1. The van der Waals surface area contributed by atoms with Gasteiger partial charge in [-0.1, -0.05) is 12.1 Å². The highest BCUT2D eigenvalue weighted by Gasteiger charge is 2.22. The van der Waals surface area contributed by atoms with Crippen LogP contribution in [0.15, 0.2) is 24.3 Å². The summed E-state index contributed by atoms with van der Waals surface area (Å²) < 4.78 is 13.2. The predicted octanol–water partition coefficient (Wildman–Crippen LogP) is 1.87. The largest absolute Gasteiger partial charge is 0.355 e. The molecule has 0 radical (unpaired) electrons. The average molecular weight is 317 g/mol. The van der Waals surface area contributed by atoms with Gasteiger partial charge in [0.25, 0.3) is 0 Å². The van der Waals surface area contributed by atoms with E-state index in [0.717, 1.165) is 16.2 Å². The molecule has 122 valence electrons. The van der Waals surface area contributed by atoms with E-state index < -0.39 is 0 Å². The molecule has 0 bridgehead atoms. The highest BCUT2D eigenvalue weighted by molar-refractivity contribution is 6.03. The molecular formula is C18H22FN2O2+. The van der Waals surface area contributed by atoms with Gasteiger partial charge >= 0.3 is 0 Å². The van der Waals surface area contributed by atoms with Crippen molar-refractivity contribution < 1.29 is 18.9 Å². The third-order valence-corrected chi connectivity index (χ3v) is 3.93. The number of H-pyrrole nitrogens is 1. The number of ketones is 2. The molecule has 23 heavy (non-hydrogen) atoms. The highest BCUT2D eigenvalue weighted by Crippen LogP contribution is 2.18. The molecular weight excluding hydrogens is 295 g/mol. The van der Waals surface area contributed by atoms with E-state index in [1.165, 1.54) is 19.1 Å². The molecule has 0 saturated carbocycles. The summed E-state index contributed by atoms with van der Waals surface area (Å²) in [7, 11) is 1.89.